The molecule has 0 radical (unpaired) electrons. The van der Waals surface area contributed by atoms with Gasteiger partial charge in [-0.1, -0.05) is 18.2 Å². The van der Waals surface area contributed by atoms with Crippen molar-refractivity contribution >= 4 is 27.6 Å². The Hall–Kier alpha value is -2.67. The molecule has 25 heavy (non-hydrogen) atoms. The average molecular weight is 402 g/mol. The number of carbonyl (C=O) groups excluding carboxylic acids is 1. The zero-order valence-corrected chi connectivity index (χ0v) is 15.4. The number of hydrogen-bond acceptors (Lipinski definition) is 6. The molecule has 0 bridgehead atoms. The molecule has 0 aliphatic heterocycles. The number of ether oxygens (including phenoxy) is 1. The number of benzene rings is 2. The summed E-state index contributed by atoms with van der Waals surface area (Å²) in [7, 11) is 3.82. The van der Waals surface area contributed by atoms with Crippen molar-refractivity contribution in [2.24, 2.45) is 0 Å². The summed E-state index contributed by atoms with van der Waals surface area (Å²) in [5.74, 6) is 0.167. The molecule has 0 unspecified atom stereocenters. The summed E-state index contributed by atoms with van der Waals surface area (Å²) in [5, 5.41) is 7.91. The van der Waals surface area contributed by atoms with E-state index in [0.717, 1.165) is 15.7 Å². The van der Waals surface area contributed by atoms with Gasteiger partial charge in [-0.15, -0.1) is 10.2 Å². The number of halogens is 1. The van der Waals surface area contributed by atoms with Gasteiger partial charge in [0.25, 0.3) is 5.89 Å². The molecule has 0 aliphatic carbocycles. The quantitative estimate of drug-likeness (QED) is 0.603. The summed E-state index contributed by atoms with van der Waals surface area (Å²) >= 11 is 3.44. The second-order valence-electron chi connectivity index (χ2n) is 5.50. The zero-order chi connectivity index (χ0) is 17.8. The molecule has 1 heterocycles. The summed E-state index contributed by atoms with van der Waals surface area (Å²) in [5.41, 5.74) is 2.17. The van der Waals surface area contributed by atoms with Crippen LogP contribution in [0.1, 0.15) is 16.2 Å². The summed E-state index contributed by atoms with van der Waals surface area (Å²) < 4.78 is 11.7. The minimum atomic E-state index is -0.440. The topological polar surface area (TPSA) is 68.5 Å². The van der Waals surface area contributed by atoms with Gasteiger partial charge >= 0.3 is 5.97 Å². The standard InChI is InChI=1S/C18H16BrN3O3/c1-22(2)13-7-5-6-12(10-13)18(23)24-11-16-20-21-17(25-16)14-8-3-4-9-15(14)19/h3-10H,11H2,1-2H3. The lowest BCUT2D eigenvalue weighted by atomic mass is 10.2. The van der Waals surface area contributed by atoms with E-state index >= 15 is 0 Å². The monoisotopic (exact) mass is 401 g/mol. The fourth-order valence-corrected chi connectivity index (χ4v) is 2.63. The van der Waals surface area contributed by atoms with Gasteiger partial charge in [0, 0.05) is 24.3 Å². The predicted molar refractivity (Wildman–Crippen MR) is 97.3 cm³/mol. The van der Waals surface area contributed by atoms with Crippen LogP contribution < -0.4 is 4.90 Å². The lowest BCUT2D eigenvalue weighted by Gasteiger charge is -2.12. The lowest BCUT2D eigenvalue weighted by molar-refractivity contribution is 0.0438. The molecule has 3 rings (SSSR count). The first kappa shape index (κ1) is 17.2. The normalized spacial score (nSPS) is 10.5. The Balaban J connectivity index is 1.67. The van der Waals surface area contributed by atoms with Crippen molar-refractivity contribution in [2.45, 2.75) is 6.61 Å². The molecule has 128 valence electrons. The van der Waals surface area contributed by atoms with Crippen LogP contribution in [0.5, 0.6) is 0 Å². The van der Waals surface area contributed by atoms with Crippen molar-refractivity contribution < 1.29 is 13.9 Å². The molecule has 0 spiro atoms. The Morgan fingerprint density at radius 1 is 1.16 bits per heavy atom. The van der Waals surface area contributed by atoms with E-state index in [0.29, 0.717) is 11.5 Å². The highest BCUT2D eigenvalue weighted by Gasteiger charge is 2.14. The van der Waals surface area contributed by atoms with Crippen molar-refractivity contribution in [3.05, 3.63) is 64.5 Å². The van der Waals surface area contributed by atoms with Gasteiger partial charge in [-0.3, -0.25) is 0 Å². The second-order valence-corrected chi connectivity index (χ2v) is 6.36. The van der Waals surface area contributed by atoms with Crippen LogP contribution >= 0.6 is 15.9 Å². The summed E-state index contributed by atoms with van der Waals surface area (Å²) in [4.78, 5) is 14.1. The van der Waals surface area contributed by atoms with Crippen LogP contribution in [0, 0.1) is 0 Å². The number of esters is 1. The van der Waals surface area contributed by atoms with Gasteiger partial charge in [0.15, 0.2) is 6.61 Å². The number of aromatic nitrogens is 2. The van der Waals surface area contributed by atoms with Crippen LogP contribution in [0.2, 0.25) is 0 Å². The minimum absolute atomic E-state index is 0.0809. The Morgan fingerprint density at radius 3 is 2.72 bits per heavy atom. The number of carbonyl (C=O) groups is 1. The van der Waals surface area contributed by atoms with Crippen molar-refractivity contribution in [3.63, 3.8) is 0 Å². The molecule has 0 aliphatic rings. The van der Waals surface area contributed by atoms with E-state index in [-0.39, 0.29) is 12.5 Å². The first-order valence-corrected chi connectivity index (χ1v) is 8.35. The molecule has 0 atom stereocenters. The van der Waals surface area contributed by atoms with E-state index in [9.17, 15) is 4.79 Å². The number of nitrogens with zero attached hydrogens (tertiary/aromatic N) is 3. The summed E-state index contributed by atoms with van der Waals surface area (Å²) in [6.07, 6.45) is 0. The van der Waals surface area contributed by atoms with Crippen LogP contribution in [0.3, 0.4) is 0 Å². The van der Waals surface area contributed by atoms with Gasteiger partial charge in [0.2, 0.25) is 5.89 Å². The third-order valence-corrected chi connectivity index (χ3v) is 4.19. The van der Waals surface area contributed by atoms with E-state index in [4.69, 9.17) is 9.15 Å². The Morgan fingerprint density at radius 2 is 1.96 bits per heavy atom. The molecular weight excluding hydrogens is 386 g/mol. The Kier molecular flexibility index (Phi) is 5.14. The fourth-order valence-electron chi connectivity index (χ4n) is 2.18. The number of hydrogen-bond donors (Lipinski definition) is 0. The molecular formula is C18H16BrN3O3. The van der Waals surface area contributed by atoms with Crippen LogP contribution in [-0.2, 0) is 11.3 Å². The highest BCUT2D eigenvalue weighted by molar-refractivity contribution is 9.10. The van der Waals surface area contributed by atoms with Crippen LogP contribution in [-0.4, -0.2) is 30.3 Å². The molecule has 1 aromatic heterocycles. The summed E-state index contributed by atoms with van der Waals surface area (Å²) in [6.45, 7) is -0.0809. The Labute approximate surface area is 153 Å². The van der Waals surface area contributed by atoms with Crippen molar-refractivity contribution in [1.29, 1.82) is 0 Å². The van der Waals surface area contributed by atoms with Gasteiger partial charge in [0.05, 0.1) is 11.1 Å². The smallest absolute Gasteiger partial charge is 0.338 e. The van der Waals surface area contributed by atoms with Crippen LogP contribution in [0.25, 0.3) is 11.5 Å². The third-order valence-electron chi connectivity index (χ3n) is 3.50. The molecule has 0 N–H and O–H groups in total. The molecule has 0 saturated heterocycles. The van der Waals surface area contributed by atoms with E-state index in [1.165, 1.54) is 0 Å². The Bertz CT molecular complexity index is 893. The van der Waals surface area contributed by atoms with Crippen LogP contribution in [0.15, 0.2) is 57.4 Å². The molecule has 2 aromatic carbocycles. The largest absolute Gasteiger partial charge is 0.452 e. The van der Waals surface area contributed by atoms with E-state index < -0.39 is 5.97 Å². The second kappa shape index (κ2) is 7.48. The van der Waals surface area contributed by atoms with E-state index in [1.54, 1.807) is 12.1 Å². The van der Waals surface area contributed by atoms with E-state index in [1.807, 2.05) is 55.4 Å². The molecule has 7 heteroatoms. The maximum absolute atomic E-state index is 12.2. The molecule has 0 amide bonds. The third kappa shape index (κ3) is 4.06. The highest BCUT2D eigenvalue weighted by atomic mass is 79.9. The lowest BCUT2D eigenvalue weighted by Crippen LogP contribution is -2.11. The van der Waals surface area contributed by atoms with Gasteiger partial charge < -0.3 is 14.1 Å². The van der Waals surface area contributed by atoms with E-state index in [2.05, 4.69) is 26.1 Å². The van der Waals surface area contributed by atoms with Gasteiger partial charge in [-0.25, -0.2) is 4.79 Å². The molecule has 6 nitrogen and oxygen atoms in total. The molecule has 0 fully saturated rings. The number of rotatable bonds is 5. The zero-order valence-electron chi connectivity index (χ0n) is 13.8. The SMILES string of the molecule is CN(C)c1cccc(C(=O)OCc2nnc(-c3ccccc3Br)o2)c1. The maximum atomic E-state index is 12.2. The highest BCUT2D eigenvalue weighted by Crippen LogP contribution is 2.26. The molecule has 3 aromatic rings. The van der Waals surface area contributed by atoms with Gasteiger partial charge in [-0.2, -0.15) is 0 Å². The van der Waals surface area contributed by atoms with Gasteiger partial charge in [0.1, 0.15) is 0 Å². The summed E-state index contributed by atoms with van der Waals surface area (Å²) in [6, 6.07) is 14.7. The first-order chi connectivity index (χ1) is 12.0. The van der Waals surface area contributed by atoms with Crippen molar-refractivity contribution in [3.8, 4) is 11.5 Å². The average Bonchev–Trinajstić information content (AvgIpc) is 3.09. The van der Waals surface area contributed by atoms with Crippen molar-refractivity contribution in [1.82, 2.24) is 10.2 Å². The first-order valence-electron chi connectivity index (χ1n) is 7.56. The van der Waals surface area contributed by atoms with Gasteiger partial charge in [-0.05, 0) is 46.3 Å². The predicted octanol–water partition coefficient (Wildman–Crippen LogP) is 3.92. The fraction of sp³-hybridized carbons (Fsp3) is 0.167. The maximum Gasteiger partial charge on any atom is 0.338 e. The van der Waals surface area contributed by atoms with Crippen molar-refractivity contribution in [2.75, 3.05) is 19.0 Å². The minimum Gasteiger partial charge on any atom is -0.452 e. The number of anilines is 1. The molecule has 0 saturated carbocycles. The van der Waals surface area contributed by atoms with Crippen LogP contribution in [0.4, 0.5) is 5.69 Å².